The summed E-state index contributed by atoms with van der Waals surface area (Å²) in [4.78, 5) is 127. The van der Waals surface area contributed by atoms with Gasteiger partial charge in [-0.25, -0.2) is 74.8 Å². The smallest absolute Gasteiger partial charge is 0.434 e. The summed E-state index contributed by atoms with van der Waals surface area (Å²) >= 11 is 0. The number of aromatic nitrogens is 20. The Labute approximate surface area is 849 Å². The zero-order valence-corrected chi connectivity index (χ0v) is 81.8. The van der Waals surface area contributed by atoms with Crippen LogP contribution in [0.25, 0.3) is 91.1 Å². The number of hydrogen-bond donors (Lipinski definition) is 0. The molecule has 770 valence electrons. The van der Waals surface area contributed by atoms with Crippen LogP contribution in [0.5, 0.6) is 17.6 Å². The van der Waals surface area contributed by atoms with Crippen molar-refractivity contribution in [2.45, 2.75) is 129 Å². The summed E-state index contributed by atoms with van der Waals surface area (Å²) in [7, 11) is 6.08. The van der Waals surface area contributed by atoms with Crippen molar-refractivity contribution in [2.75, 3.05) is 52.6 Å². The van der Waals surface area contributed by atoms with Gasteiger partial charge in [0, 0.05) is 159 Å². The number of benzene rings is 4. The Morgan fingerprint density at radius 3 is 0.873 bits per heavy atom. The average molecular weight is 2060 g/mol. The number of imidazole rings is 4. The van der Waals surface area contributed by atoms with E-state index in [-0.39, 0.29) is 105 Å². The van der Waals surface area contributed by atoms with Crippen LogP contribution in [0.4, 0.5) is 76.0 Å². The number of carbonyl (C=O) groups is 4. The number of nitrogens with zero attached hydrogens (tertiary/aromatic N) is 24. The maximum Gasteiger partial charge on any atom is 0.434 e. The molecule has 0 N–H and O–H groups in total. The van der Waals surface area contributed by atoms with Gasteiger partial charge in [0.2, 0.25) is 41.3 Å². The molecule has 16 heterocycles. The van der Waals surface area contributed by atoms with Crippen molar-refractivity contribution in [1.82, 2.24) is 98.0 Å². The molecule has 0 unspecified atom stereocenters. The molecule has 4 aliphatic heterocycles. The maximum absolute atomic E-state index is 13.0. The van der Waals surface area contributed by atoms with E-state index in [2.05, 4.69) is 69.8 Å². The molecule has 12 aromatic heterocycles. The van der Waals surface area contributed by atoms with Gasteiger partial charge in [-0.15, -0.1) is 0 Å². The predicted molar refractivity (Wildman–Crippen MR) is 525 cm³/mol. The van der Waals surface area contributed by atoms with Gasteiger partial charge in [-0.2, -0.15) is 52.7 Å². The Bertz CT molecular complexity index is 7680. The largest absolute Gasteiger partial charge is 0.477 e. The van der Waals surface area contributed by atoms with Crippen molar-refractivity contribution >= 4 is 46.9 Å². The SMILES string of the molecule is CC(C)c1ncccc1-c1ncc2c(n1)N(Cc1ccc(-c3nc(C(F)(F)F)cn3C)cc1)C(=O)C2.CCCOc1ncccc1-c1ncc2c(n1)N(Cc1ccc(-c3nc(C(F)(F)F)cn3C)cc1)C(=O)C2.CCOCCOc1ncccc1-c1ncc2c(n1)N(Cc1ccc(-c3nc(C(F)(F)F)cn3C)cc1)C(=O)C2.Cn1cc(C(F)(F)F)nc1-c1ccc(CN2C(=O)Cc3cnc(-c4cccnc4OCC4CC4)nc32)cc1. The quantitative estimate of drug-likeness (QED) is 0.0325. The second-order valence-corrected chi connectivity index (χ2v) is 36.1. The normalized spacial score (nSPS) is 13.8. The monoisotopic (exact) mass is 2060 g/mol. The average Bonchev–Trinajstić information content (AvgIpc) is 1.63. The topological polar surface area (TPSA) is 344 Å². The molecular weight excluding hydrogens is 1970 g/mol. The number of fused-ring (bicyclic) bond motifs is 4. The van der Waals surface area contributed by atoms with E-state index in [1.54, 1.807) is 191 Å². The fraction of sp³-hybridized carbons (Fsp3) is 0.283. The highest BCUT2D eigenvalue weighted by atomic mass is 19.4. The molecular formula is C106H94F12N24O8. The number of alkyl halides is 12. The molecule has 0 spiro atoms. The van der Waals surface area contributed by atoms with Crippen LogP contribution in [0.3, 0.4) is 0 Å². The second-order valence-electron chi connectivity index (χ2n) is 36.1. The number of aryl methyl sites for hydroxylation is 4. The number of ether oxygens (including phenoxy) is 4. The van der Waals surface area contributed by atoms with E-state index in [0.29, 0.717) is 148 Å². The van der Waals surface area contributed by atoms with E-state index in [1.165, 1.54) is 46.5 Å². The molecule has 5 aliphatic rings. The van der Waals surface area contributed by atoms with E-state index in [4.69, 9.17) is 28.9 Å². The zero-order chi connectivity index (χ0) is 106. The molecule has 4 amide bonds. The number of pyridine rings is 4. The second kappa shape index (κ2) is 43.2. The molecule has 1 saturated carbocycles. The van der Waals surface area contributed by atoms with Crippen LogP contribution in [0.1, 0.15) is 126 Å². The van der Waals surface area contributed by atoms with Crippen LogP contribution in [0.2, 0.25) is 0 Å². The van der Waals surface area contributed by atoms with Gasteiger partial charge in [-0.05, 0) is 109 Å². The molecule has 1 fully saturated rings. The molecule has 44 heteroatoms. The van der Waals surface area contributed by atoms with Crippen LogP contribution < -0.4 is 33.8 Å². The number of amides is 4. The van der Waals surface area contributed by atoms with E-state index >= 15 is 0 Å². The van der Waals surface area contributed by atoms with Crippen LogP contribution in [-0.2, 0) is 129 Å². The molecule has 21 rings (SSSR count). The summed E-state index contributed by atoms with van der Waals surface area (Å²) in [5.74, 6) is 6.22. The van der Waals surface area contributed by atoms with E-state index in [1.807, 2.05) is 52.0 Å². The van der Waals surface area contributed by atoms with Crippen molar-refractivity contribution in [3.8, 4) is 109 Å². The van der Waals surface area contributed by atoms with Gasteiger partial charge in [0.05, 0.1) is 94.1 Å². The Balaban J connectivity index is 0.000000131. The van der Waals surface area contributed by atoms with Gasteiger partial charge < -0.3 is 37.2 Å². The molecule has 16 aromatic rings. The van der Waals surface area contributed by atoms with Crippen molar-refractivity contribution in [3.63, 3.8) is 0 Å². The number of rotatable bonds is 28. The van der Waals surface area contributed by atoms with Gasteiger partial charge in [0.1, 0.15) is 53.2 Å². The highest BCUT2D eigenvalue weighted by Crippen LogP contribution is 2.43. The van der Waals surface area contributed by atoms with Gasteiger partial charge >= 0.3 is 24.7 Å². The Morgan fingerprint density at radius 1 is 0.333 bits per heavy atom. The van der Waals surface area contributed by atoms with E-state index in [9.17, 15) is 71.9 Å². The third-order valence-electron chi connectivity index (χ3n) is 24.8. The van der Waals surface area contributed by atoms with Crippen molar-refractivity contribution in [2.24, 2.45) is 34.1 Å². The lowest BCUT2D eigenvalue weighted by molar-refractivity contribution is -0.141. The van der Waals surface area contributed by atoms with Crippen LogP contribution in [-0.4, -0.2) is 155 Å². The van der Waals surface area contributed by atoms with Gasteiger partial charge in [-0.3, -0.25) is 43.8 Å². The molecule has 0 atom stereocenters. The highest BCUT2D eigenvalue weighted by Gasteiger charge is 2.41. The fourth-order valence-corrected chi connectivity index (χ4v) is 17.1. The first kappa shape index (κ1) is 103. The molecule has 32 nitrogen and oxygen atoms in total. The summed E-state index contributed by atoms with van der Waals surface area (Å²) in [6.45, 7) is 11.5. The van der Waals surface area contributed by atoms with Crippen molar-refractivity contribution in [3.05, 3.63) is 293 Å². The lowest BCUT2D eigenvalue weighted by Crippen LogP contribution is -2.26. The Morgan fingerprint density at radius 2 is 0.607 bits per heavy atom. The summed E-state index contributed by atoms with van der Waals surface area (Å²) < 4.78 is 185. The third-order valence-corrected chi connectivity index (χ3v) is 24.8. The predicted octanol–water partition coefficient (Wildman–Crippen LogP) is 19.3. The number of carbonyl (C=O) groups excluding carboxylic acids is 4. The zero-order valence-electron chi connectivity index (χ0n) is 81.8. The number of hydrogen-bond acceptors (Lipinski definition) is 24. The molecule has 0 saturated heterocycles. The first-order chi connectivity index (χ1) is 71.9. The summed E-state index contributed by atoms with van der Waals surface area (Å²) in [6, 6.07) is 42.3. The molecule has 4 aromatic carbocycles. The molecule has 0 radical (unpaired) electrons. The summed E-state index contributed by atoms with van der Waals surface area (Å²) in [5, 5.41) is 0. The first-order valence-electron chi connectivity index (χ1n) is 47.6. The number of anilines is 4. The lowest BCUT2D eigenvalue weighted by atomic mass is 10.0. The number of halogens is 12. The third kappa shape index (κ3) is 23.2. The van der Waals surface area contributed by atoms with E-state index in [0.717, 1.165) is 94.3 Å². The minimum atomic E-state index is -4.52. The van der Waals surface area contributed by atoms with Gasteiger partial charge in [0.25, 0.3) is 0 Å². The highest BCUT2D eigenvalue weighted by molar-refractivity contribution is 6.03. The van der Waals surface area contributed by atoms with Crippen molar-refractivity contribution < 1.29 is 90.8 Å². The maximum atomic E-state index is 13.0. The molecule has 1 aliphatic carbocycles. The van der Waals surface area contributed by atoms with E-state index < -0.39 is 47.5 Å². The standard InChI is InChI=1S/C27H25F3N6O3.C27H23F3N6O2.C26H23F3N6O2.C26H23F3N6O/c1-3-38-11-12-39-26-20(5-4-10-31-26)23-32-14-19-13-22(37)36(25(19)34-23)15-17-6-8-18(9-7-17)24-33-21(16-35(24)2)27(28,29)30;1-35-14-21(27(28,29)30)33-24(35)18-8-6-16(7-9-18)13-36-22(37)11-19-12-32-23(34-25(19)36)20-3-2-10-31-26(20)38-15-17-4-5-17;1-3-11-37-25-19(5-4-10-30-25)22-31-13-18-12-21(36)35(24(18)33-22)14-16-6-8-17(9-7-16)23-32-20(15-34(23)2)26(27,28)29;1-15(2)22-19(5-4-10-30-22)23-31-12-18-11-21(36)35(25(18)33-23)13-16-6-8-17(9-7-16)24-32-20(14-34(24)3)26(27,28)29/h4-10,14,16H,3,11-13,15H2,1-2H3;2-3,6-10,12,14,17H,4-5,11,13,15H2,1H3;4-10,13,15H,3,11-12,14H2,1-2H3;4-10,12,14-15H,11,13H2,1-3H3. The van der Waals surface area contributed by atoms with Gasteiger partial charge in [0.15, 0.2) is 46.1 Å². The minimum absolute atomic E-state index is 0.0882. The Kier molecular flexibility index (Phi) is 29.7. The summed E-state index contributed by atoms with van der Waals surface area (Å²) in [6.07, 6.45) is 2.97. The van der Waals surface area contributed by atoms with Crippen LogP contribution >= 0.6 is 0 Å². The van der Waals surface area contributed by atoms with Crippen LogP contribution in [0.15, 0.2) is 220 Å². The molecule has 0 bridgehead atoms. The first-order valence-corrected chi connectivity index (χ1v) is 47.6. The van der Waals surface area contributed by atoms with Gasteiger partial charge in [-0.1, -0.05) is 118 Å². The minimum Gasteiger partial charge on any atom is -0.477 e. The van der Waals surface area contributed by atoms with Crippen molar-refractivity contribution in [1.29, 1.82) is 0 Å². The molecule has 150 heavy (non-hydrogen) atoms. The Hall–Kier alpha value is -17.0. The lowest BCUT2D eigenvalue weighted by Gasteiger charge is -2.18. The van der Waals surface area contributed by atoms with Crippen LogP contribution in [0, 0.1) is 5.92 Å². The summed E-state index contributed by atoms with van der Waals surface area (Å²) in [5.41, 5.74) is 8.08. The fourth-order valence-electron chi connectivity index (χ4n) is 17.1.